The molecule has 0 unspecified atom stereocenters. The van der Waals surface area contributed by atoms with E-state index in [1.54, 1.807) is 77.5 Å². The molecule has 0 saturated carbocycles. The van der Waals surface area contributed by atoms with Crippen molar-refractivity contribution in [3.63, 3.8) is 0 Å². The third kappa shape index (κ3) is 4.90. The largest absolute Gasteiger partial charge is 0.497 e. The number of ether oxygens (including phenoxy) is 1. The number of pyridine rings is 1. The Hall–Kier alpha value is -4.08. The summed E-state index contributed by atoms with van der Waals surface area (Å²) in [5.74, 6) is -0.0946. The lowest BCUT2D eigenvalue weighted by Crippen LogP contribution is -2.41. The van der Waals surface area contributed by atoms with Gasteiger partial charge in [0.25, 0.3) is 11.8 Å². The van der Waals surface area contributed by atoms with Gasteiger partial charge >= 0.3 is 5.69 Å². The summed E-state index contributed by atoms with van der Waals surface area (Å²) in [7, 11) is 1.55. The number of halogens is 2. The number of hydrogen-bond acceptors (Lipinski definition) is 5. The molecule has 1 aliphatic heterocycles. The van der Waals surface area contributed by atoms with Gasteiger partial charge in [0.2, 0.25) is 0 Å². The van der Waals surface area contributed by atoms with Crippen LogP contribution in [0.1, 0.15) is 32.1 Å². The van der Waals surface area contributed by atoms with Gasteiger partial charge in [-0.3, -0.25) is 23.7 Å². The molecule has 0 fully saturated rings. The van der Waals surface area contributed by atoms with Gasteiger partial charge in [0.15, 0.2) is 0 Å². The van der Waals surface area contributed by atoms with Crippen LogP contribution < -0.4 is 15.7 Å². The summed E-state index contributed by atoms with van der Waals surface area (Å²) in [6.45, 7) is 0.829. The van der Waals surface area contributed by atoms with Crippen LogP contribution in [0.2, 0.25) is 10.0 Å². The Morgan fingerprint density at radius 1 is 1.00 bits per heavy atom. The molecule has 5 rings (SSSR count). The Balaban J connectivity index is 1.53. The first-order valence-electron chi connectivity index (χ1n) is 11.8. The molecule has 2 amide bonds. The third-order valence-corrected chi connectivity index (χ3v) is 7.12. The van der Waals surface area contributed by atoms with Gasteiger partial charge < -0.3 is 15.0 Å². The van der Waals surface area contributed by atoms with Gasteiger partial charge in [-0.25, -0.2) is 4.79 Å². The van der Waals surface area contributed by atoms with Crippen molar-refractivity contribution in [1.82, 2.24) is 24.3 Å². The summed E-state index contributed by atoms with van der Waals surface area (Å²) < 4.78 is 8.17. The van der Waals surface area contributed by atoms with E-state index in [4.69, 9.17) is 27.9 Å². The summed E-state index contributed by atoms with van der Waals surface area (Å²) in [4.78, 5) is 46.0. The molecular formula is C27H23Cl2N5O4. The number of amides is 2. The van der Waals surface area contributed by atoms with Gasteiger partial charge in [-0.15, -0.1) is 0 Å². The maximum atomic E-state index is 13.6. The Morgan fingerprint density at radius 3 is 2.42 bits per heavy atom. The summed E-state index contributed by atoms with van der Waals surface area (Å²) >= 11 is 12.1. The van der Waals surface area contributed by atoms with Crippen LogP contribution >= 0.6 is 23.2 Å². The van der Waals surface area contributed by atoms with E-state index in [0.29, 0.717) is 27.7 Å². The van der Waals surface area contributed by atoms with E-state index in [2.05, 4.69) is 10.3 Å². The van der Waals surface area contributed by atoms with E-state index in [-0.39, 0.29) is 48.5 Å². The van der Waals surface area contributed by atoms with Crippen molar-refractivity contribution in [3.8, 4) is 11.4 Å². The highest BCUT2D eigenvalue weighted by Crippen LogP contribution is 2.26. The molecule has 0 spiro atoms. The third-order valence-electron chi connectivity index (χ3n) is 6.38. The van der Waals surface area contributed by atoms with E-state index in [1.165, 1.54) is 10.6 Å². The SMILES string of the molecule is COc1ccc(-n2c(C(=O)NCc3ccncc3)c3n(c2=O)CCN(C(=O)c2ccc(Cl)c(Cl)c2)C3)cc1. The van der Waals surface area contributed by atoms with Gasteiger partial charge in [-0.05, 0) is 60.2 Å². The van der Waals surface area contributed by atoms with Crippen molar-refractivity contribution >= 4 is 35.0 Å². The molecule has 0 aliphatic carbocycles. The Bertz CT molecular complexity index is 1570. The molecule has 194 valence electrons. The van der Waals surface area contributed by atoms with Crippen LogP contribution in [0.5, 0.6) is 5.75 Å². The van der Waals surface area contributed by atoms with Gasteiger partial charge in [0, 0.05) is 37.6 Å². The van der Waals surface area contributed by atoms with Crippen molar-refractivity contribution in [2.45, 2.75) is 19.6 Å². The average Bonchev–Trinajstić information content (AvgIpc) is 3.25. The zero-order valence-corrected chi connectivity index (χ0v) is 21.9. The Labute approximate surface area is 228 Å². The van der Waals surface area contributed by atoms with E-state index in [1.807, 2.05) is 0 Å². The van der Waals surface area contributed by atoms with Crippen molar-refractivity contribution in [1.29, 1.82) is 0 Å². The molecule has 4 aromatic rings. The standard InChI is InChI=1S/C27H23Cl2N5O4/c1-38-20-5-3-19(4-6-20)34-24(25(35)31-15-17-8-10-30-11-9-17)23-16-32(12-13-33(23)27(34)37)26(36)18-2-7-21(28)22(29)14-18/h2-11,14H,12-13,15-16H2,1H3,(H,31,35). The highest BCUT2D eigenvalue weighted by atomic mass is 35.5. The molecule has 3 heterocycles. The van der Waals surface area contributed by atoms with Gasteiger partial charge in [-0.1, -0.05) is 23.2 Å². The fourth-order valence-corrected chi connectivity index (χ4v) is 4.71. The monoisotopic (exact) mass is 551 g/mol. The lowest BCUT2D eigenvalue weighted by Gasteiger charge is -2.28. The minimum absolute atomic E-state index is 0.0650. The van der Waals surface area contributed by atoms with Crippen LogP contribution in [0.25, 0.3) is 5.69 Å². The van der Waals surface area contributed by atoms with Crippen molar-refractivity contribution in [2.75, 3.05) is 13.7 Å². The number of nitrogens with one attached hydrogen (secondary N) is 1. The topological polar surface area (TPSA) is 98.5 Å². The van der Waals surface area contributed by atoms with Crippen molar-refractivity contribution in [3.05, 3.63) is 110 Å². The number of rotatable bonds is 6. The summed E-state index contributed by atoms with van der Waals surface area (Å²) in [5, 5.41) is 3.52. The van der Waals surface area contributed by atoms with Crippen LogP contribution in [-0.2, 0) is 19.6 Å². The lowest BCUT2D eigenvalue weighted by molar-refractivity contribution is 0.0706. The van der Waals surface area contributed by atoms with Crippen LogP contribution in [0.15, 0.2) is 71.8 Å². The normalized spacial score (nSPS) is 12.7. The number of aromatic nitrogens is 3. The molecule has 38 heavy (non-hydrogen) atoms. The molecule has 2 aromatic heterocycles. The molecule has 11 heteroatoms. The first kappa shape index (κ1) is 25.6. The zero-order valence-electron chi connectivity index (χ0n) is 20.4. The first-order valence-corrected chi connectivity index (χ1v) is 12.5. The van der Waals surface area contributed by atoms with E-state index in [0.717, 1.165) is 5.56 Å². The van der Waals surface area contributed by atoms with Crippen LogP contribution in [0.4, 0.5) is 0 Å². The fraction of sp³-hybridized carbons (Fsp3) is 0.185. The number of hydrogen-bond donors (Lipinski definition) is 1. The summed E-state index contributed by atoms with van der Waals surface area (Å²) in [6, 6.07) is 15.1. The fourth-order valence-electron chi connectivity index (χ4n) is 4.42. The highest BCUT2D eigenvalue weighted by molar-refractivity contribution is 6.42. The molecule has 1 N–H and O–H groups in total. The quantitative estimate of drug-likeness (QED) is 0.391. The van der Waals surface area contributed by atoms with Gasteiger partial charge in [-0.2, -0.15) is 0 Å². The molecule has 0 radical (unpaired) electrons. The lowest BCUT2D eigenvalue weighted by atomic mass is 10.1. The number of nitrogens with zero attached hydrogens (tertiary/aromatic N) is 4. The van der Waals surface area contributed by atoms with Gasteiger partial charge in [0.1, 0.15) is 11.4 Å². The zero-order chi connectivity index (χ0) is 26.8. The minimum Gasteiger partial charge on any atom is -0.497 e. The molecule has 1 aliphatic rings. The molecule has 2 aromatic carbocycles. The number of benzene rings is 2. The average molecular weight is 552 g/mol. The molecule has 0 bridgehead atoms. The van der Waals surface area contributed by atoms with Gasteiger partial charge in [0.05, 0.1) is 35.1 Å². The second-order valence-electron chi connectivity index (χ2n) is 8.66. The number of imidazole rings is 1. The highest BCUT2D eigenvalue weighted by Gasteiger charge is 2.32. The number of carbonyl (C=O) groups is 2. The summed E-state index contributed by atoms with van der Waals surface area (Å²) in [5.41, 5.74) is 1.98. The Kier molecular flexibility index (Phi) is 7.22. The summed E-state index contributed by atoms with van der Waals surface area (Å²) in [6.07, 6.45) is 3.28. The molecular weight excluding hydrogens is 529 g/mol. The smallest absolute Gasteiger partial charge is 0.333 e. The van der Waals surface area contributed by atoms with Crippen LogP contribution in [-0.4, -0.2) is 44.5 Å². The molecule has 9 nitrogen and oxygen atoms in total. The van der Waals surface area contributed by atoms with E-state index >= 15 is 0 Å². The Morgan fingerprint density at radius 2 is 1.74 bits per heavy atom. The second kappa shape index (κ2) is 10.7. The predicted molar refractivity (Wildman–Crippen MR) is 143 cm³/mol. The second-order valence-corrected chi connectivity index (χ2v) is 9.47. The van der Waals surface area contributed by atoms with Crippen molar-refractivity contribution < 1.29 is 14.3 Å². The maximum Gasteiger partial charge on any atom is 0.333 e. The number of methoxy groups -OCH3 is 1. The predicted octanol–water partition coefficient (Wildman–Crippen LogP) is 3.94. The molecule has 0 atom stereocenters. The maximum absolute atomic E-state index is 13.6. The van der Waals surface area contributed by atoms with Crippen LogP contribution in [0, 0.1) is 0 Å². The van der Waals surface area contributed by atoms with E-state index < -0.39 is 5.91 Å². The molecule has 0 saturated heterocycles. The van der Waals surface area contributed by atoms with Crippen LogP contribution in [0.3, 0.4) is 0 Å². The number of carbonyl (C=O) groups excluding carboxylic acids is 2. The van der Waals surface area contributed by atoms with E-state index in [9.17, 15) is 14.4 Å². The minimum atomic E-state index is -0.438. The number of fused-ring (bicyclic) bond motifs is 1. The first-order chi connectivity index (χ1) is 18.4. The van der Waals surface area contributed by atoms with Crippen molar-refractivity contribution in [2.24, 2.45) is 0 Å².